The fourth-order valence-corrected chi connectivity index (χ4v) is 2.48. The fourth-order valence-electron chi connectivity index (χ4n) is 2.48. The van der Waals surface area contributed by atoms with Crippen LogP contribution in [0, 0.1) is 0 Å². The first-order valence-corrected chi connectivity index (χ1v) is 4.88. The molecule has 0 radical (unpaired) electrons. The van der Waals surface area contributed by atoms with Gasteiger partial charge in [0, 0.05) is 18.1 Å². The predicted molar refractivity (Wildman–Crippen MR) is 46.9 cm³/mol. The molecule has 2 rings (SSSR count). The van der Waals surface area contributed by atoms with Crippen LogP contribution in [0.1, 0.15) is 25.7 Å². The zero-order chi connectivity index (χ0) is 8.55. The monoisotopic (exact) mass is 172 g/mol. The topological polar surface area (TPSA) is 24.1 Å². The summed E-state index contributed by atoms with van der Waals surface area (Å²) >= 11 is 0. The molecule has 2 N–H and O–H groups in total. The molecule has 0 aromatic carbocycles. The van der Waals surface area contributed by atoms with E-state index in [4.69, 9.17) is 0 Å². The SMILES string of the molecule is CN[C@@H]1CC2CCCC(N2)[C@@H]1F. The van der Waals surface area contributed by atoms with E-state index in [-0.39, 0.29) is 12.1 Å². The van der Waals surface area contributed by atoms with Crippen molar-refractivity contribution in [3.8, 4) is 0 Å². The van der Waals surface area contributed by atoms with Crippen molar-refractivity contribution in [1.29, 1.82) is 0 Å². The van der Waals surface area contributed by atoms with Crippen molar-refractivity contribution in [2.75, 3.05) is 7.05 Å². The molecule has 2 saturated heterocycles. The summed E-state index contributed by atoms with van der Waals surface area (Å²) < 4.78 is 13.6. The van der Waals surface area contributed by atoms with Gasteiger partial charge in [-0.05, 0) is 26.3 Å². The van der Waals surface area contributed by atoms with E-state index in [1.54, 1.807) is 0 Å². The van der Waals surface area contributed by atoms with Crippen LogP contribution in [0.25, 0.3) is 0 Å². The van der Waals surface area contributed by atoms with Gasteiger partial charge in [-0.3, -0.25) is 0 Å². The van der Waals surface area contributed by atoms with Gasteiger partial charge in [0.15, 0.2) is 0 Å². The Morgan fingerprint density at radius 2 is 2.25 bits per heavy atom. The van der Waals surface area contributed by atoms with Gasteiger partial charge < -0.3 is 10.6 Å². The Hall–Kier alpha value is -0.150. The number of rotatable bonds is 1. The average Bonchev–Trinajstić information content (AvgIpc) is 2.12. The molecule has 4 atom stereocenters. The van der Waals surface area contributed by atoms with Crippen molar-refractivity contribution in [1.82, 2.24) is 10.6 Å². The maximum absolute atomic E-state index is 13.6. The Morgan fingerprint density at radius 1 is 1.42 bits per heavy atom. The summed E-state index contributed by atoms with van der Waals surface area (Å²) in [7, 11) is 1.86. The molecule has 2 nitrogen and oxygen atoms in total. The van der Waals surface area contributed by atoms with Crippen molar-refractivity contribution in [2.24, 2.45) is 0 Å². The van der Waals surface area contributed by atoms with Crippen LogP contribution in [0.5, 0.6) is 0 Å². The van der Waals surface area contributed by atoms with Gasteiger partial charge in [-0.15, -0.1) is 0 Å². The molecule has 0 aromatic rings. The minimum absolute atomic E-state index is 0.0848. The molecule has 0 aliphatic carbocycles. The summed E-state index contributed by atoms with van der Waals surface area (Å²) in [6.07, 6.45) is 3.69. The summed E-state index contributed by atoms with van der Waals surface area (Å²) in [6.45, 7) is 0. The van der Waals surface area contributed by atoms with Gasteiger partial charge in [-0.2, -0.15) is 0 Å². The van der Waals surface area contributed by atoms with Crippen molar-refractivity contribution < 1.29 is 4.39 Å². The van der Waals surface area contributed by atoms with E-state index in [1.807, 2.05) is 7.05 Å². The number of fused-ring (bicyclic) bond motifs is 2. The Balaban J connectivity index is 2.03. The zero-order valence-electron chi connectivity index (χ0n) is 7.52. The van der Waals surface area contributed by atoms with Gasteiger partial charge in [0.2, 0.25) is 0 Å². The van der Waals surface area contributed by atoms with E-state index < -0.39 is 6.17 Å². The number of hydrogen-bond donors (Lipinski definition) is 2. The second-order valence-corrected chi connectivity index (χ2v) is 3.98. The van der Waals surface area contributed by atoms with Crippen LogP contribution in [0.15, 0.2) is 0 Å². The predicted octanol–water partition coefficient (Wildman–Crippen LogP) is 0.827. The molecule has 2 heterocycles. The number of nitrogens with one attached hydrogen (secondary N) is 2. The van der Waals surface area contributed by atoms with Gasteiger partial charge in [-0.25, -0.2) is 4.39 Å². The van der Waals surface area contributed by atoms with Crippen LogP contribution < -0.4 is 10.6 Å². The standard InChI is InChI=1S/C9H17FN2/c1-11-8-5-6-3-2-4-7(12-6)9(8)10/h6-9,11-12H,2-5H2,1H3/t6?,7?,8-,9+/m1/s1. The van der Waals surface area contributed by atoms with Crippen molar-refractivity contribution >= 4 is 0 Å². The van der Waals surface area contributed by atoms with E-state index in [9.17, 15) is 4.39 Å². The quantitative estimate of drug-likeness (QED) is 0.612. The molecule has 12 heavy (non-hydrogen) atoms. The van der Waals surface area contributed by atoms with Gasteiger partial charge in [-0.1, -0.05) is 6.42 Å². The fraction of sp³-hybridized carbons (Fsp3) is 1.00. The van der Waals surface area contributed by atoms with Crippen molar-refractivity contribution in [3.05, 3.63) is 0 Å². The molecule has 0 aromatic heterocycles. The molecule has 0 amide bonds. The molecule has 2 fully saturated rings. The molecule has 2 bridgehead atoms. The molecule has 2 aliphatic heterocycles. The highest BCUT2D eigenvalue weighted by atomic mass is 19.1. The summed E-state index contributed by atoms with van der Waals surface area (Å²) in [4.78, 5) is 0. The van der Waals surface area contributed by atoms with Crippen LogP contribution in [0.4, 0.5) is 4.39 Å². The zero-order valence-corrected chi connectivity index (χ0v) is 7.52. The average molecular weight is 172 g/mol. The highest BCUT2D eigenvalue weighted by molar-refractivity contribution is 4.98. The van der Waals surface area contributed by atoms with E-state index in [2.05, 4.69) is 10.6 Å². The number of halogens is 1. The van der Waals surface area contributed by atoms with Crippen molar-refractivity contribution in [2.45, 2.75) is 50.0 Å². The molecule has 70 valence electrons. The van der Waals surface area contributed by atoms with Gasteiger partial charge in [0.1, 0.15) is 6.17 Å². The van der Waals surface area contributed by atoms with E-state index >= 15 is 0 Å². The Kier molecular flexibility index (Phi) is 2.33. The van der Waals surface area contributed by atoms with Crippen LogP contribution in [0.3, 0.4) is 0 Å². The minimum Gasteiger partial charge on any atom is -0.314 e. The largest absolute Gasteiger partial charge is 0.314 e. The summed E-state index contributed by atoms with van der Waals surface area (Å²) in [6, 6.07) is 0.768. The van der Waals surface area contributed by atoms with Crippen LogP contribution in [-0.2, 0) is 0 Å². The Bertz CT molecular complexity index is 161. The third kappa shape index (κ3) is 1.36. The molecule has 0 spiro atoms. The summed E-state index contributed by atoms with van der Waals surface area (Å²) in [5, 5.41) is 6.42. The van der Waals surface area contributed by atoms with Crippen LogP contribution in [-0.4, -0.2) is 31.3 Å². The smallest absolute Gasteiger partial charge is 0.131 e. The molecular weight excluding hydrogens is 155 g/mol. The lowest BCUT2D eigenvalue weighted by atomic mass is 9.83. The third-order valence-corrected chi connectivity index (χ3v) is 3.20. The minimum atomic E-state index is -0.688. The highest BCUT2D eigenvalue weighted by Crippen LogP contribution is 2.27. The maximum Gasteiger partial charge on any atom is 0.131 e. The normalized spacial score (nSPS) is 47.5. The van der Waals surface area contributed by atoms with Gasteiger partial charge in [0.05, 0.1) is 0 Å². The molecule has 2 unspecified atom stereocenters. The van der Waals surface area contributed by atoms with Crippen LogP contribution >= 0.6 is 0 Å². The summed E-state index contributed by atoms with van der Waals surface area (Å²) in [5.41, 5.74) is 0. The number of alkyl halides is 1. The van der Waals surface area contributed by atoms with E-state index in [1.165, 1.54) is 12.8 Å². The molecule has 3 heteroatoms. The lowest BCUT2D eigenvalue weighted by Gasteiger charge is -2.42. The second kappa shape index (κ2) is 3.30. The molecular formula is C9H17FN2. The lowest BCUT2D eigenvalue weighted by Crippen LogP contribution is -2.60. The molecule has 2 aliphatic rings. The van der Waals surface area contributed by atoms with Crippen molar-refractivity contribution in [3.63, 3.8) is 0 Å². The first kappa shape index (κ1) is 8.45. The van der Waals surface area contributed by atoms with E-state index in [0.717, 1.165) is 12.8 Å². The highest BCUT2D eigenvalue weighted by Gasteiger charge is 2.38. The first-order chi connectivity index (χ1) is 5.81. The lowest BCUT2D eigenvalue weighted by molar-refractivity contribution is 0.0960. The summed E-state index contributed by atoms with van der Waals surface area (Å²) in [5.74, 6) is 0. The molecule has 0 saturated carbocycles. The van der Waals surface area contributed by atoms with Crippen LogP contribution in [0.2, 0.25) is 0 Å². The Morgan fingerprint density at radius 3 is 3.00 bits per heavy atom. The van der Waals surface area contributed by atoms with Gasteiger partial charge >= 0.3 is 0 Å². The number of hydrogen-bond acceptors (Lipinski definition) is 2. The Labute approximate surface area is 72.9 Å². The number of piperidine rings is 2. The maximum atomic E-state index is 13.6. The second-order valence-electron chi connectivity index (χ2n) is 3.98. The third-order valence-electron chi connectivity index (χ3n) is 3.20. The van der Waals surface area contributed by atoms with E-state index in [0.29, 0.717) is 6.04 Å². The van der Waals surface area contributed by atoms with Gasteiger partial charge in [0.25, 0.3) is 0 Å². The first-order valence-electron chi connectivity index (χ1n) is 4.88.